The van der Waals surface area contributed by atoms with Gasteiger partial charge in [0.15, 0.2) is 0 Å². The lowest BCUT2D eigenvalue weighted by atomic mass is 10.1. The van der Waals surface area contributed by atoms with E-state index in [1.165, 1.54) is 7.11 Å². The average molecular weight is 286 g/mol. The molecule has 0 spiro atoms. The fraction of sp³-hybridized carbons (Fsp3) is 0.857. The fourth-order valence-corrected chi connectivity index (χ4v) is 2.07. The zero-order valence-electron chi connectivity index (χ0n) is 6.70. The second kappa shape index (κ2) is 4.38. The maximum Gasteiger partial charge on any atom is 0.321 e. The Morgan fingerprint density at radius 2 is 2.50 bits per heavy atom. The van der Waals surface area contributed by atoms with E-state index in [0.29, 0.717) is 13.0 Å². The highest BCUT2D eigenvalue weighted by Crippen LogP contribution is 2.22. The molecular formula is C7H11IO4. The van der Waals surface area contributed by atoms with Gasteiger partial charge in [-0.3, -0.25) is 4.79 Å². The Labute approximate surface area is 84.4 Å². The third-order valence-corrected chi connectivity index (χ3v) is 3.04. The average Bonchev–Trinajstić information content (AvgIpc) is 2.48. The summed E-state index contributed by atoms with van der Waals surface area (Å²) in [7, 11) is 1.33. The van der Waals surface area contributed by atoms with Crippen molar-refractivity contribution in [1.29, 1.82) is 0 Å². The summed E-state index contributed by atoms with van der Waals surface area (Å²) in [6.45, 7) is 0.516. The van der Waals surface area contributed by atoms with Crippen LogP contribution in [0.3, 0.4) is 0 Å². The first-order valence-corrected chi connectivity index (χ1v) is 4.93. The largest absolute Gasteiger partial charge is 0.468 e. The smallest absolute Gasteiger partial charge is 0.321 e. The van der Waals surface area contributed by atoms with E-state index in [0.717, 1.165) is 0 Å². The van der Waals surface area contributed by atoms with Crippen LogP contribution in [0.4, 0.5) is 0 Å². The molecule has 1 rings (SSSR count). The standard InChI is InChI=1S/C7H11IO4/c1-11-7(10)5(8)6-4(9)2-3-12-6/h4-6,9H,2-3H2,1H3/t4?,5-,6-/m0/s1. The molecule has 70 valence electrons. The minimum absolute atomic E-state index is 0.346. The maximum atomic E-state index is 11.0. The molecule has 0 aromatic carbocycles. The number of aliphatic hydroxyl groups excluding tert-OH is 1. The van der Waals surface area contributed by atoms with Gasteiger partial charge in [0.1, 0.15) is 10.0 Å². The van der Waals surface area contributed by atoms with Gasteiger partial charge in [-0.05, 0) is 6.42 Å². The molecule has 5 heteroatoms. The molecule has 1 aliphatic rings. The molecule has 1 aliphatic heterocycles. The van der Waals surface area contributed by atoms with Crippen LogP contribution in [0.2, 0.25) is 0 Å². The molecule has 0 aromatic rings. The van der Waals surface area contributed by atoms with E-state index in [1.807, 2.05) is 22.6 Å². The zero-order valence-corrected chi connectivity index (χ0v) is 8.85. The normalized spacial score (nSPS) is 31.6. The number of aliphatic hydroxyl groups is 1. The van der Waals surface area contributed by atoms with Crippen LogP contribution in [0.25, 0.3) is 0 Å². The van der Waals surface area contributed by atoms with Crippen LogP contribution in [-0.2, 0) is 14.3 Å². The molecule has 0 radical (unpaired) electrons. The van der Waals surface area contributed by atoms with Crippen LogP contribution in [0, 0.1) is 0 Å². The van der Waals surface area contributed by atoms with Crippen molar-refractivity contribution in [1.82, 2.24) is 0 Å². The van der Waals surface area contributed by atoms with Crippen LogP contribution < -0.4 is 0 Å². The third-order valence-electron chi connectivity index (χ3n) is 1.82. The van der Waals surface area contributed by atoms with Crippen LogP contribution in [0.5, 0.6) is 0 Å². The summed E-state index contributed by atoms with van der Waals surface area (Å²) in [5.74, 6) is -0.346. The van der Waals surface area contributed by atoms with Gasteiger partial charge in [-0.15, -0.1) is 0 Å². The molecule has 0 bridgehead atoms. The Hall–Kier alpha value is 0.120. The molecule has 12 heavy (non-hydrogen) atoms. The van der Waals surface area contributed by atoms with E-state index < -0.39 is 16.1 Å². The number of hydrogen-bond acceptors (Lipinski definition) is 4. The molecule has 3 atom stereocenters. The van der Waals surface area contributed by atoms with Crippen molar-refractivity contribution in [2.24, 2.45) is 0 Å². The summed E-state index contributed by atoms with van der Waals surface area (Å²) in [5.41, 5.74) is 0. The van der Waals surface area contributed by atoms with Crippen molar-refractivity contribution >= 4 is 28.6 Å². The lowest BCUT2D eigenvalue weighted by molar-refractivity contribution is -0.142. The van der Waals surface area contributed by atoms with Gasteiger partial charge >= 0.3 is 5.97 Å². The minimum Gasteiger partial charge on any atom is -0.468 e. The van der Waals surface area contributed by atoms with Crippen LogP contribution in [0.15, 0.2) is 0 Å². The fourth-order valence-electron chi connectivity index (χ4n) is 1.13. The highest BCUT2D eigenvalue weighted by molar-refractivity contribution is 14.1. The zero-order chi connectivity index (χ0) is 9.14. The number of carbonyl (C=O) groups is 1. The van der Waals surface area contributed by atoms with E-state index in [9.17, 15) is 9.90 Å². The van der Waals surface area contributed by atoms with Gasteiger partial charge in [0.25, 0.3) is 0 Å². The number of halogens is 1. The SMILES string of the molecule is COC(=O)[C@@H](I)[C@H]1OCCC1O. The van der Waals surface area contributed by atoms with E-state index in [1.54, 1.807) is 0 Å². The summed E-state index contributed by atoms with van der Waals surface area (Å²) < 4.78 is 9.31. The molecule has 0 aromatic heterocycles. The van der Waals surface area contributed by atoms with Gasteiger partial charge < -0.3 is 14.6 Å². The number of ether oxygens (including phenoxy) is 2. The van der Waals surface area contributed by atoms with Crippen molar-refractivity contribution in [3.8, 4) is 0 Å². The number of esters is 1. The molecule has 1 fully saturated rings. The molecular weight excluding hydrogens is 275 g/mol. The monoisotopic (exact) mass is 286 g/mol. The number of carbonyl (C=O) groups excluding carboxylic acids is 1. The quantitative estimate of drug-likeness (QED) is 0.445. The molecule has 1 heterocycles. The van der Waals surface area contributed by atoms with E-state index in [2.05, 4.69) is 4.74 Å². The Morgan fingerprint density at radius 3 is 2.92 bits per heavy atom. The second-order valence-corrected chi connectivity index (χ2v) is 3.96. The highest BCUT2D eigenvalue weighted by Gasteiger charge is 2.36. The van der Waals surface area contributed by atoms with Crippen molar-refractivity contribution in [2.75, 3.05) is 13.7 Å². The summed E-state index contributed by atoms with van der Waals surface area (Å²) in [6.07, 6.45) is -0.342. The van der Waals surface area contributed by atoms with Crippen molar-refractivity contribution in [3.63, 3.8) is 0 Å². The van der Waals surface area contributed by atoms with E-state index in [-0.39, 0.29) is 5.97 Å². The topological polar surface area (TPSA) is 55.8 Å². The summed E-state index contributed by atoms with van der Waals surface area (Å²) in [5, 5.41) is 9.37. The predicted molar refractivity (Wildman–Crippen MR) is 50.2 cm³/mol. The van der Waals surface area contributed by atoms with Crippen molar-refractivity contribution < 1.29 is 19.4 Å². The van der Waals surface area contributed by atoms with E-state index in [4.69, 9.17) is 4.74 Å². The van der Waals surface area contributed by atoms with Gasteiger partial charge in [0.2, 0.25) is 0 Å². The molecule has 1 N–H and O–H groups in total. The molecule has 4 nitrogen and oxygen atoms in total. The summed E-state index contributed by atoms with van der Waals surface area (Å²) in [4.78, 5) is 11.0. The first-order valence-electron chi connectivity index (χ1n) is 3.68. The van der Waals surface area contributed by atoms with Crippen molar-refractivity contribution in [2.45, 2.75) is 22.6 Å². The van der Waals surface area contributed by atoms with Crippen LogP contribution >= 0.6 is 22.6 Å². The second-order valence-electron chi connectivity index (χ2n) is 2.62. The van der Waals surface area contributed by atoms with Crippen LogP contribution in [0.1, 0.15) is 6.42 Å². The van der Waals surface area contributed by atoms with E-state index >= 15 is 0 Å². The molecule has 1 unspecified atom stereocenters. The highest BCUT2D eigenvalue weighted by atomic mass is 127. The third kappa shape index (κ3) is 2.08. The Balaban J connectivity index is 2.51. The first kappa shape index (κ1) is 10.2. The Bertz CT molecular complexity index is 173. The summed E-state index contributed by atoms with van der Waals surface area (Å²) >= 11 is 1.93. The lowest BCUT2D eigenvalue weighted by Gasteiger charge is -2.17. The number of rotatable bonds is 2. The number of hydrogen-bond donors (Lipinski definition) is 1. The molecule has 0 saturated carbocycles. The minimum atomic E-state index is -0.536. The molecule has 0 amide bonds. The van der Waals surface area contributed by atoms with Crippen LogP contribution in [-0.4, -0.2) is 40.9 Å². The van der Waals surface area contributed by atoms with Crippen molar-refractivity contribution in [3.05, 3.63) is 0 Å². The van der Waals surface area contributed by atoms with Gasteiger partial charge in [0.05, 0.1) is 13.2 Å². The van der Waals surface area contributed by atoms with Gasteiger partial charge in [-0.2, -0.15) is 0 Å². The van der Waals surface area contributed by atoms with Gasteiger partial charge in [0, 0.05) is 6.61 Å². The lowest BCUT2D eigenvalue weighted by Crippen LogP contribution is -2.36. The number of methoxy groups -OCH3 is 1. The predicted octanol–water partition coefficient (Wildman–Crippen LogP) is 0.113. The van der Waals surface area contributed by atoms with Gasteiger partial charge in [-0.1, -0.05) is 22.6 Å². The Kier molecular flexibility index (Phi) is 3.73. The molecule has 0 aliphatic carbocycles. The Morgan fingerprint density at radius 1 is 1.83 bits per heavy atom. The maximum absolute atomic E-state index is 11.0. The van der Waals surface area contributed by atoms with Gasteiger partial charge in [-0.25, -0.2) is 0 Å². The first-order chi connectivity index (χ1) is 5.66. The molecule has 1 saturated heterocycles. The number of alkyl halides is 1. The summed E-state index contributed by atoms with van der Waals surface area (Å²) in [6, 6.07) is 0.